The van der Waals surface area contributed by atoms with Gasteiger partial charge in [-0.2, -0.15) is 0 Å². The number of fused-ring (bicyclic) bond motifs is 2. The Morgan fingerprint density at radius 1 is 1.24 bits per heavy atom. The molecule has 1 saturated heterocycles. The zero-order chi connectivity index (χ0) is 11.7. The van der Waals surface area contributed by atoms with Crippen LogP contribution in [0, 0.1) is 0 Å². The molecule has 3 heteroatoms. The van der Waals surface area contributed by atoms with Gasteiger partial charge in [-0.1, -0.05) is 6.42 Å². The largest absolute Gasteiger partial charge is 0.356 e. The van der Waals surface area contributed by atoms with Crippen LogP contribution < -0.4 is 0 Å². The Kier molecular flexibility index (Phi) is 3.10. The summed E-state index contributed by atoms with van der Waals surface area (Å²) in [7, 11) is 0. The minimum Gasteiger partial charge on any atom is -0.356 e. The number of hydrogen-bond donors (Lipinski definition) is 0. The van der Waals surface area contributed by atoms with Gasteiger partial charge in [-0.15, -0.1) is 11.8 Å². The molecule has 0 atom stereocenters. The highest BCUT2D eigenvalue weighted by atomic mass is 32.2. The number of thioether (sulfide) groups is 1. The molecule has 2 aliphatic rings. The number of amidine groups is 1. The van der Waals surface area contributed by atoms with E-state index in [9.17, 15) is 0 Å². The lowest BCUT2D eigenvalue weighted by Crippen LogP contribution is -2.32. The fourth-order valence-electron chi connectivity index (χ4n) is 2.62. The van der Waals surface area contributed by atoms with Crippen LogP contribution in [0.4, 0.5) is 5.69 Å². The molecule has 0 N–H and O–H groups in total. The van der Waals surface area contributed by atoms with Crippen LogP contribution >= 0.6 is 11.8 Å². The van der Waals surface area contributed by atoms with Crippen molar-refractivity contribution in [2.24, 2.45) is 4.99 Å². The molecule has 17 heavy (non-hydrogen) atoms. The molecule has 90 valence electrons. The molecule has 2 aliphatic heterocycles. The van der Waals surface area contributed by atoms with Crippen LogP contribution in [0.1, 0.15) is 31.2 Å². The Labute approximate surface area is 107 Å². The topological polar surface area (TPSA) is 15.6 Å². The van der Waals surface area contributed by atoms with E-state index >= 15 is 0 Å². The van der Waals surface area contributed by atoms with Crippen molar-refractivity contribution in [3.63, 3.8) is 0 Å². The standard InChI is InChI=1S/C14H18N2S/c1-17-12-6-7-13-11(9-12)10-16-8-4-2-3-5-14(16)15-13/h6-7,9H,2-5,8,10H2,1H3. The number of rotatable bonds is 1. The molecule has 1 aromatic carbocycles. The van der Waals surface area contributed by atoms with Crippen molar-refractivity contribution < 1.29 is 0 Å². The molecule has 0 aliphatic carbocycles. The highest BCUT2D eigenvalue weighted by Crippen LogP contribution is 2.31. The first-order valence-corrected chi connectivity index (χ1v) is 7.59. The van der Waals surface area contributed by atoms with Crippen LogP contribution in [-0.2, 0) is 6.54 Å². The maximum Gasteiger partial charge on any atom is 0.105 e. The quantitative estimate of drug-likeness (QED) is 0.700. The highest BCUT2D eigenvalue weighted by molar-refractivity contribution is 7.98. The third-order valence-corrected chi connectivity index (χ3v) is 4.32. The van der Waals surface area contributed by atoms with E-state index in [0.29, 0.717) is 0 Å². The second-order valence-corrected chi connectivity index (χ2v) is 5.63. The van der Waals surface area contributed by atoms with Gasteiger partial charge in [0, 0.05) is 24.4 Å². The molecule has 0 spiro atoms. The van der Waals surface area contributed by atoms with Gasteiger partial charge in [-0.05, 0) is 42.9 Å². The van der Waals surface area contributed by atoms with Gasteiger partial charge in [0.2, 0.25) is 0 Å². The van der Waals surface area contributed by atoms with Crippen LogP contribution in [0.15, 0.2) is 28.1 Å². The number of nitrogens with zero attached hydrogens (tertiary/aromatic N) is 2. The van der Waals surface area contributed by atoms with Crippen molar-refractivity contribution in [1.29, 1.82) is 0 Å². The summed E-state index contributed by atoms with van der Waals surface area (Å²) < 4.78 is 0. The first-order valence-electron chi connectivity index (χ1n) is 6.36. The van der Waals surface area contributed by atoms with Gasteiger partial charge in [-0.3, -0.25) is 0 Å². The Balaban J connectivity index is 1.96. The van der Waals surface area contributed by atoms with Crippen LogP contribution in [0.25, 0.3) is 0 Å². The first-order chi connectivity index (χ1) is 8.36. The molecule has 0 bridgehead atoms. The van der Waals surface area contributed by atoms with Crippen LogP contribution in [0.3, 0.4) is 0 Å². The maximum absolute atomic E-state index is 4.84. The number of aliphatic imine (C=N–C) groups is 1. The Hall–Kier alpha value is -0.960. The van der Waals surface area contributed by atoms with Crippen molar-refractivity contribution in [2.45, 2.75) is 37.1 Å². The zero-order valence-electron chi connectivity index (χ0n) is 10.3. The van der Waals surface area contributed by atoms with E-state index in [1.54, 1.807) is 0 Å². The van der Waals surface area contributed by atoms with Crippen LogP contribution in [-0.4, -0.2) is 23.5 Å². The molecule has 0 radical (unpaired) electrons. The molecule has 2 nitrogen and oxygen atoms in total. The second kappa shape index (κ2) is 4.73. The molecule has 0 unspecified atom stereocenters. The van der Waals surface area contributed by atoms with E-state index in [1.165, 1.54) is 47.8 Å². The maximum atomic E-state index is 4.84. The Bertz CT molecular complexity index is 454. The fourth-order valence-corrected chi connectivity index (χ4v) is 3.08. The van der Waals surface area contributed by atoms with E-state index in [4.69, 9.17) is 4.99 Å². The normalized spacial score (nSPS) is 19.1. The third kappa shape index (κ3) is 2.21. The lowest BCUT2D eigenvalue weighted by atomic mass is 10.1. The van der Waals surface area contributed by atoms with Gasteiger partial charge < -0.3 is 4.90 Å². The van der Waals surface area contributed by atoms with Crippen molar-refractivity contribution in [3.8, 4) is 0 Å². The number of benzene rings is 1. The summed E-state index contributed by atoms with van der Waals surface area (Å²) in [5, 5.41) is 0. The third-order valence-electron chi connectivity index (χ3n) is 3.59. The molecule has 0 amide bonds. The SMILES string of the molecule is CSc1ccc2c(c1)CN1CCCCCC1=N2. The molecule has 1 fully saturated rings. The molecule has 0 aromatic heterocycles. The second-order valence-electron chi connectivity index (χ2n) is 4.75. The summed E-state index contributed by atoms with van der Waals surface area (Å²) in [5.74, 6) is 1.31. The van der Waals surface area contributed by atoms with E-state index in [1.807, 2.05) is 11.8 Å². The monoisotopic (exact) mass is 246 g/mol. The van der Waals surface area contributed by atoms with E-state index in [-0.39, 0.29) is 0 Å². The van der Waals surface area contributed by atoms with E-state index in [2.05, 4.69) is 29.4 Å². The average Bonchev–Trinajstić information content (AvgIpc) is 2.60. The van der Waals surface area contributed by atoms with Gasteiger partial charge in [0.05, 0.1) is 5.69 Å². The molecule has 0 saturated carbocycles. The zero-order valence-corrected chi connectivity index (χ0v) is 11.1. The fraction of sp³-hybridized carbons (Fsp3) is 0.500. The van der Waals surface area contributed by atoms with Crippen molar-refractivity contribution in [1.82, 2.24) is 4.90 Å². The minimum atomic E-state index is 1.06. The predicted molar refractivity (Wildman–Crippen MR) is 74.2 cm³/mol. The molecule has 2 heterocycles. The number of hydrogen-bond acceptors (Lipinski definition) is 3. The minimum absolute atomic E-state index is 1.06. The van der Waals surface area contributed by atoms with E-state index in [0.717, 1.165) is 13.0 Å². The van der Waals surface area contributed by atoms with Gasteiger partial charge in [-0.25, -0.2) is 4.99 Å². The summed E-state index contributed by atoms with van der Waals surface area (Å²) in [4.78, 5) is 8.65. The molecular formula is C14H18N2S. The van der Waals surface area contributed by atoms with Gasteiger partial charge in [0.1, 0.15) is 5.84 Å². The summed E-state index contributed by atoms with van der Waals surface area (Å²) >= 11 is 1.81. The summed E-state index contributed by atoms with van der Waals surface area (Å²) in [5.41, 5.74) is 2.58. The molecular weight excluding hydrogens is 228 g/mol. The summed E-state index contributed by atoms with van der Waals surface area (Å²) in [6.07, 6.45) is 7.25. The Morgan fingerprint density at radius 3 is 3.06 bits per heavy atom. The molecule has 3 rings (SSSR count). The van der Waals surface area contributed by atoms with Gasteiger partial charge >= 0.3 is 0 Å². The van der Waals surface area contributed by atoms with E-state index < -0.39 is 0 Å². The van der Waals surface area contributed by atoms with Crippen LogP contribution in [0.2, 0.25) is 0 Å². The Morgan fingerprint density at radius 2 is 2.18 bits per heavy atom. The van der Waals surface area contributed by atoms with Crippen molar-refractivity contribution in [2.75, 3.05) is 12.8 Å². The van der Waals surface area contributed by atoms with Gasteiger partial charge in [0.25, 0.3) is 0 Å². The van der Waals surface area contributed by atoms with Crippen LogP contribution in [0.5, 0.6) is 0 Å². The summed E-state index contributed by atoms with van der Waals surface area (Å²) in [6.45, 7) is 2.24. The predicted octanol–water partition coefficient (Wildman–Crippen LogP) is 3.83. The summed E-state index contributed by atoms with van der Waals surface area (Å²) in [6, 6.07) is 6.65. The lowest BCUT2D eigenvalue weighted by Gasteiger charge is -2.29. The smallest absolute Gasteiger partial charge is 0.105 e. The molecule has 1 aromatic rings. The van der Waals surface area contributed by atoms with Gasteiger partial charge in [0.15, 0.2) is 0 Å². The van der Waals surface area contributed by atoms with Crippen molar-refractivity contribution in [3.05, 3.63) is 23.8 Å². The lowest BCUT2D eigenvalue weighted by molar-refractivity contribution is 0.403. The first kappa shape index (κ1) is 11.1. The van der Waals surface area contributed by atoms with Crippen molar-refractivity contribution >= 4 is 23.3 Å². The average molecular weight is 246 g/mol. The highest BCUT2D eigenvalue weighted by Gasteiger charge is 2.21.